The van der Waals surface area contributed by atoms with Gasteiger partial charge in [-0.05, 0) is 81.5 Å². The number of nitrogens with one attached hydrogen (secondary N) is 2. The zero-order valence-corrected chi connectivity index (χ0v) is 26.9. The van der Waals surface area contributed by atoms with Crippen LogP contribution in [0.25, 0.3) is 27.4 Å². The second kappa shape index (κ2) is 11.2. The van der Waals surface area contributed by atoms with Gasteiger partial charge in [-0.15, -0.1) is 0 Å². The van der Waals surface area contributed by atoms with E-state index in [1.807, 2.05) is 0 Å². The Bertz CT molecular complexity index is 1890. The lowest BCUT2D eigenvalue weighted by Gasteiger charge is -2.46. The molecule has 6 heteroatoms. The highest BCUT2D eigenvalue weighted by atomic mass is 16.5. The van der Waals surface area contributed by atoms with Crippen LogP contribution in [-0.4, -0.2) is 65.6 Å². The minimum Gasteiger partial charge on any atom is -0.469 e. The molecule has 5 aliphatic rings. The fourth-order valence-corrected chi connectivity index (χ4v) is 9.30. The molecular formula is C39H44N4O2. The van der Waals surface area contributed by atoms with Crippen LogP contribution in [-0.2, 0) is 22.5 Å². The number of hydrogen-bond acceptors (Lipinski definition) is 4. The van der Waals surface area contributed by atoms with Crippen molar-refractivity contribution in [1.82, 2.24) is 19.8 Å². The van der Waals surface area contributed by atoms with Gasteiger partial charge in [-0.25, -0.2) is 0 Å². The van der Waals surface area contributed by atoms with Crippen LogP contribution in [0.15, 0.2) is 77.9 Å². The van der Waals surface area contributed by atoms with Crippen LogP contribution < -0.4 is 0 Å². The number of likely N-dealkylation sites (tertiary alicyclic amines) is 1. The van der Waals surface area contributed by atoms with Gasteiger partial charge in [0.1, 0.15) is 0 Å². The van der Waals surface area contributed by atoms with Gasteiger partial charge in [0.05, 0.1) is 13.0 Å². The molecule has 0 saturated carbocycles. The van der Waals surface area contributed by atoms with Crippen molar-refractivity contribution in [2.75, 3.05) is 33.8 Å². The van der Waals surface area contributed by atoms with Crippen molar-refractivity contribution in [2.24, 2.45) is 17.8 Å². The molecule has 2 saturated heterocycles. The Morgan fingerprint density at radius 1 is 0.911 bits per heavy atom. The monoisotopic (exact) mass is 600 g/mol. The van der Waals surface area contributed by atoms with Crippen molar-refractivity contribution in [2.45, 2.75) is 51.6 Å². The number of ether oxygens (including phenoxy) is 1. The second-order valence-electron chi connectivity index (χ2n) is 13.7. The standard InChI is InChI=1S/C39H44N4O2/c1-5-23-20-42(3)35-19-31-27-11-7-9-13-33(27)40-37(31)25(17-29(23)36(35)39(44)45-4)18-30-26-15-16-43(21-24(26)6-2)22-32-28-12-8-10-14-34(28)41-38(30)32/h5-14,18,25-26,29,35-36,40-41H,15-17,19-22H2,1-4H3/b23-5+,24-6+,30-18+/t25-,26-,29+,35+,36-/m0/s1. The van der Waals surface area contributed by atoms with Crippen molar-refractivity contribution in [3.63, 3.8) is 0 Å². The van der Waals surface area contributed by atoms with Crippen molar-refractivity contribution in [3.8, 4) is 0 Å². The van der Waals surface area contributed by atoms with E-state index in [0.29, 0.717) is 5.92 Å². The number of aromatic amines is 2. The zero-order valence-electron chi connectivity index (χ0n) is 26.9. The third-order valence-electron chi connectivity index (χ3n) is 11.5. The number of fused-ring (bicyclic) bond motifs is 8. The summed E-state index contributed by atoms with van der Waals surface area (Å²) in [4.78, 5) is 26.5. The Balaban J connectivity index is 1.38. The van der Waals surface area contributed by atoms with Gasteiger partial charge in [0.15, 0.2) is 0 Å². The SMILES string of the molecule is C/C=C1\CN(C)[C@@H]2Cc3c([nH]c4ccccc34)[C@H](/C=C3/c4[nH]c5ccccc5c4CN4CC[C@H]3/C(=C/C)C4)C[C@H]1[C@@H]2C(=O)OC. The third kappa shape index (κ3) is 4.56. The van der Waals surface area contributed by atoms with E-state index in [0.717, 1.165) is 45.4 Å². The number of H-pyrrole nitrogens is 2. The molecule has 9 rings (SSSR count). The number of benzene rings is 2. The summed E-state index contributed by atoms with van der Waals surface area (Å²) in [5.41, 5.74) is 12.0. The fourth-order valence-electron chi connectivity index (χ4n) is 9.30. The van der Waals surface area contributed by atoms with Gasteiger partial charge in [0.25, 0.3) is 0 Å². The molecule has 2 fully saturated rings. The Labute approximate surface area is 265 Å². The number of carbonyl (C=O) groups excluding carboxylic acids is 1. The molecule has 45 heavy (non-hydrogen) atoms. The first-order valence-corrected chi connectivity index (χ1v) is 16.7. The Hall–Kier alpha value is -3.87. The van der Waals surface area contributed by atoms with E-state index < -0.39 is 0 Å². The molecule has 6 nitrogen and oxygen atoms in total. The average Bonchev–Trinajstić information content (AvgIpc) is 3.59. The highest BCUT2D eigenvalue weighted by molar-refractivity contribution is 5.91. The highest BCUT2D eigenvalue weighted by Crippen LogP contribution is 2.49. The molecule has 4 bridgehead atoms. The van der Waals surface area contributed by atoms with Crippen LogP contribution in [0.3, 0.4) is 0 Å². The molecule has 2 aromatic carbocycles. The van der Waals surface area contributed by atoms with Crippen LogP contribution in [0, 0.1) is 17.8 Å². The number of esters is 1. The number of hydrogen-bond donors (Lipinski definition) is 2. The largest absolute Gasteiger partial charge is 0.469 e. The number of nitrogens with zero attached hydrogens (tertiary/aromatic N) is 2. The first kappa shape index (κ1) is 28.6. The number of para-hydroxylation sites is 2. The van der Waals surface area contributed by atoms with Crippen molar-refractivity contribution in [1.29, 1.82) is 0 Å². The third-order valence-corrected chi connectivity index (χ3v) is 11.5. The van der Waals surface area contributed by atoms with E-state index in [4.69, 9.17) is 4.74 Å². The van der Waals surface area contributed by atoms with Crippen molar-refractivity contribution in [3.05, 3.63) is 100 Å². The molecule has 1 unspecified atom stereocenters. The summed E-state index contributed by atoms with van der Waals surface area (Å²) in [7, 11) is 3.73. The van der Waals surface area contributed by atoms with Gasteiger partial charge in [-0.2, -0.15) is 0 Å². The highest BCUT2D eigenvalue weighted by Gasteiger charge is 2.47. The van der Waals surface area contributed by atoms with E-state index in [-0.39, 0.29) is 29.8 Å². The lowest BCUT2D eigenvalue weighted by molar-refractivity contribution is -0.151. The summed E-state index contributed by atoms with van der Waals surface area (Å²) < 4.78 is 5.55. The molecule has 0 spiro atoms. The number of allylic oxidation sites excluding steroid dienone is 4. The van der Waals surface area contributed by atoms with Gasteiger partial charge in [-0.1, -0.05) is 65.8 Å². The van der Waals surface area contributed by atoms with Crippen LogP contribution in [0.2, 0.25) is 0 Å². The lowest BCUT2D eigenvalue weighted by Crippen LogP contribution is -2.53. The van der Waals surface area contributed by atoms with E-state index in [1.165, 1.54) is 61.0 Å². The summed E-state index contributed by atoms with van der Waals surface area (Å²) in [6.07, 6.45) is 10.0. The number of piperidine rings is 2. The van der Waals surface area contributed by atoms with Gasteiger partial charge >= 0.3 is 5.97 Å². The summed E-state index contributed by atoms with van der Waals surface area (Å²) in [6, 6.07) is 17.6. The normalized spacial score (nSPS) is 31.1. The molecule has 6 atom stereocenters. The van der Waals surface area contributed by atoms with Gasteiger partial charge in [-0.3, -0.25) is 14.6 Å². The zero-order chi connectivity index (χ0) is 30.8. The van der Waals surface area contributed by atoms with Crippen molar-refractivity contribution >= 4 is 33.3 Å². The summed E-state index contributed by atoms with van der Waals surface area (Å²) in [6.45, 7) is 8.30. The molecule has 6 heterocycles. The van der Waals surface area contributed by atoms with Crippen molar-refractivity contribution < 1.29 is 9.53 Å². The Morgan fingerprint density at radius 2 is 1.62 bits per heavy atom. The number of methoxy groups -OCH3 is 1. The fraction of sp³-hybridized carbons (Fsp3) is 0.410. The van der Waals surface area contributed by atoms with E-state index in [2.05, 4.69) is 107 Å². The quantitative estimate of drug-likeness (QED) is 0.189. The average molecular weight is 601 g/mol. The molecule has 0 radical (unpaired) electrons. The van der Waals surface area contributed by atoms with Crippen LogP contribution >= 0.6 is 0 Å². The van der Waals surface area contributed by atoms with E-state index >= 15 is 0 Å². The van der Waals surface area contributed by atoms with Crippen LogP contribution in [0.4, 0.5) is 0 Å². The number of aromatic nitrogens is 2. The van der Waals surface area contributed by atoms with E-state index in [9.17, 15) is 4.79 Å². The number of likely N-dealkylation sites (N-methyl/N-ethyl adjacent to an activating group) is 1. The summed E-state index contributed by atoms with van der Waals surface area (Å²) >= 11 is 0. The molecule has 2 aromatic heterocycles. The lowest BCUT2D eigenvalue weighted by atomic mass is 9.67. The molecule has 0 amide bonds. The van der Waals surface area contributed by atoms with Gasteiger partial charge in [0.2, 0.25) is 0 Å². The molecule has 2 N–H and O–H groups in total. The summed E-state index contributed by atoms with van der Waals surface area (Å²) in [5.74, 6) is 0.299. The maximum absolute atomic E-state index is 13.7. The van der Waals surface area contributed by atoms with Crippen LogP contribution in [0.1, 0.15) is 55.1 Å². The molecule has 4 aromatic rings. The molecule has 4 aliphatic heterocycles. The first-order valence-electron chi connectivity index (χ1n) is 16.7. The molecule has 1 aliphatic carbocycles. The molecular weight excluding hydrogens is 556 g/mol. The minimum absolute atomic E-state index is 0.0818. The number of carbonyl (C=O) groups is 1. The first-order chi connectivity index (χ1) is 22.0. The van der Waals surface area contributed by atoms with E-state index in [1.54, 1.807) is 7.11 Å². The Morgan fingerprint density at radius 3 is 2.36 bits per heavy atom. The minimum atomic E-state index is -0.210. The smallest absolute Gasteiger partial charge is 0.310 e. The predicted octanol–water partition coefficient (Wildman–Crippen LogP) is 7.21. The van der Waals surface area contributed by atoms with Gasteiger partial charge < -0.3 is 14.7 Å². The number of rotatable bonds is 2. The second-order valence-corrected chi connectivity index (χ2v) is 13.7. The molecule has 232 valence electrons. The Kier molecular flexibility index (Phi) is 7.10. The predicted molar refractivity (Wildman–Crippen MR) is 182 cm³/mol. The van der Waals surface area contributed by atoms with Gasteiger partial charge in [0, 0.05) is 70.7 Å². The van der Waals surface area contributed by atoms with Crippen LogP contribution in [0.5, 0.6) is 0 Å². The maximum atomic E-state index is 13.7. The topological polar surface area (TPSA) is 64.4 Å². The maximum Gasteiger partial charge on any atom is 0.310 e. The summed E-state index contributed by atoms with van der Waals surface area (Å²) in [5, 5.41) is 2.60.